The zero-order chi connectivity index (χ0) is 17.6. The summed E-state index contributed by atoms with van der Waals surface area (Å²) >= 11 is 0. The van der Waals surface area contributed by atoms with Crippen LogP contribution in [0.1, 0.15) is 21.5 Å². The maximum Gasteiger partial charge on any atom is 0.416 e. The van der Waals surface area contributed by atoms with E-state index in [1.807, 2.05) is 0 Å². The molecule has 0 fully saturated rings. The van der Waals surface area contributed by atoms with Crippen LogP contribution in [0.25, 0.3) is 6.08 Å². The van der Waals surface area contributed by atoms with Gasteiger partial charge in [0.25, 0.3) is 11.8 Å². The first kappa shape index (κ1) is 17.3. The minimum Gasteiger partial charge on any atom is -0.268 e. The van der Waals surface area contributed by atoms with Gasteiger partial charge in [-0.15, -0.1) is 0 Å². The number of amides is 2. The molecular weight excluding hydrogens is 321 g/mol. The summed E-state index contributed by atoms with van der Waals surface area (Å²) in [5, 5.41) is 0. The number of benzene rings is 2. The van der Waals surface area contributed by atoms with Crippen LogP contribution in [-0.4, -0.2) is 11.8 Å². The number of hydrogen-bond donors (Lipinski definition) is 2. The van der Waals surface area contributed by atoms with Gasteiger partial charge in [-0.1, -0.05) is 30.3 Å². The zero-order valence-corrected chi connectivity index (χ0v) is 12.3. The van der Waals surface area contributed by atoms with Gasteiger partial charge in [-0.25, -0.2) is 0 Å². The van der Waals surface area contributed by atoms with Crippen molar-refractivity contribution in [2.45, 2.75) is 6.18 Å². The number of carbonyl (C=O) groups is 2. The minimum atomic E-state index is -4.40. The molecule has 0 unspecified atom stereocenters. The van der Waals surface area contributed by atoms with Crippen LogP contribution < -0.4 is 10.9 Å². The smallest absolute Gasteiger partial charge is 0.268 e. The van der Waals surface area contributed by atoms with E-state index in [0.717, 1.165) is 18.2 Å². The topological polar surface area (TPSA) is 58.2 Å². The van der Waals surface area contributed by atoms with Crippen molar-refractivity contribution in [2.75, 3.05) is 0 Å². The van der Waals surface area contributed by atoms with Gasteiger partial charge in [-0.2, -0.15) is 13.2 Å². The summed E-state index contributed by atoms with van der Waals surface area (Å²) < 4.78 is 37.3. The maximum absolute atomic E-state index is 12.4. The van der Waals surface area contributed by atoms with Crippen LogP contribution in [-0.2, 0) is 11.0 Å². The van der Waals surface area contributed by atoms with E-state index in [1.165, 1.54) is 18.2 Å². The molecule has 124 valence electrons. The van der Waals surface area contributed by atoms with Gasteiger partial charge < -0.3 is 0 Å². The van der Waals surface area contributed by atoms with Crippen molar-refractivity contribution in [1.82, 2.24) is 10.9 Å². The summed E-state index contributed by atoms with van der Waals surface area (Å²) in [7, 11) is 0. The second kappa shape index (κ2) is 7.45. The second-order valence-electron chi connectivity index (χ2n) is 4.76. The molecule has 0 saturated heterocycles. The predicted molar refractivity (Wildman–Crippen MR) is 82.5 cm³/mol. The lowest BCUT2D eigenvalue weighted by atomic mass is 10.1. The normalized spacial score (nSPS) is 11.3. The summed E-state index contributed by atoms with van der Waals surface area (Å²) in [6.07, 6.45) is -1.96. The van der Waals surface area contributed by atoms with E-state index in [-0.39, 0.29) is 0 Å². The first-order chi connectivity index (χ1) is 11.4. The predicted octanol–water partition coefficient (Wildman–Crippen LogP) is 3.18. The average molecular weight is 334 g/mol. The molecule has 4 nitrogen and oxygen atoms in total. The van der Waals surface area contributed by atoms with E-state index in [9.17, 15) is 22.8 Å². The van der Waals surface area contributed by atoms with Gasteiger partial charge in [0.15, 0.2) is 0 Å². The van der Waals surface area contributed by atoms with Crippen molar-refractivity contribution in [2.24, 2.45) is 0 Å². The molecule has 0 saturated carbocycles. The molecule has 24 heavy (non-hydrogen) atoms. The van der Waals surface area contributed by atoms with Crippen LogP contribution >= 0.6 is 0 Å². The molecule has 2 aromatic rings. The Hall–Kier alpha value is -3.09. The number of alkyl halides is 3. The van der Waals surface area contributed by atoms with Crippen LogP contribution in [0.15, 0.2) is 60.7 Å². The number of nitrogens with one attached hydrogen (secondary N) is 2. The van der Waals surface area contributed by atoms with Crippen molar-refractivity contribution < 1.29 is 22.8 Å². The molecule has 2 aromatic carbocycles. The molecular formula is C17H13F3N2O2. The summed E-state index contributed by atoms with van der Waals surface area (Å²) in [6.45, 7) is 0. The summed E-state index contributed by atoms with van der Waals surface area (Å²) in [5.41, 5.74) is 4.45. The van der Waals surface area contributed by atoms with Gasteiger partial charge >= 0.3 is 6.18 Å². The molecule has 0 heterocycles. The van der Waals surface area contributed by atoms with Crippen molar-refractivity contribution in [3.63, 3.8) is 0 Å². The van der Waals surface area contributed by atoms with E-state index < -0.39 is 23.6 Å². The highest BCUT2D eigenvalue weighted by atomic mass is 19.4. The molecule has 0 atom stereocenters. The maximum atomic E-state index is 12.4. The van der Waals surface area contributed by atoms with E-state index in [0.29, 0.717) is 11.1 Å². The van der Waals surface area contributed by atoms with Crippen molar-refractivity contribution >= 4 is 17.9 Å². The fraction of sp³-hybridized carbons (Fsp3) is 0.0588. The highest BCUT2D eigenvalue weighted by molar-refractivity contribution is 5.97. The lowest BCUT2D eigenvalue weighted by Crippen LogP contribution is -2.40. The van der Waals surface area contributed by atoms with Gasteiger partial charge in [-0.3, -0.25) is 20.4 Å². The first-order valence-corrected chi connectivity index (χ1v) is 6.87. The fourth-order valence-corrected chi connectivity index (χ4v) is 1.78. The van der Waals surface area contributed by atoms with E-state index in [1.54, 1.807) is 30.3 Å². The van der Waals surface area contributed by atoms with Gasteiger partial charge in [0.1, 0.15) is 0 Å². The third-order valence-corrected chi connectivity index (χ3v) is 3.00. The Morgan fingerprint density at radius 1 is 0.875 bits per heavy atom. The number of hydrazine groups is 1. The first-order valence-electron chi connectivity index (χ1n) is 6.87. The highest BCUT2D eigenvalue weighted by Crippen LogP contribution is 2.29. The minimum absolute atomic E-state index is 0.379. The van der Waals surface area contributed by atoms with Crippen molar-refractivity contribution in [1.29, 1.82) is 0 Å². The van der Waals surface area contributed by atoms with Crippen LogP contribution in [0.2, 0.25) is 0 Å². The summed E-state index contributed by atoms with van der Waals surface area (Å²) in [5.74, 6) is -1.09. The Bertz CT molecular complexity index is 739. The molecule has 0 aliphatic carbocycles. The molecule has 2 N–H and O–H groups in total. The SMILES string of the molecule is O=C(/C=C/c1ccc(C(F)(F)F)cc1)NNC(=O)c1ccccc1. The summed E-state index contributed by atoms with van der Waals surface area (Å²) in [6, 6.07) is 12.6. The lowest BCUT2D eigenvalue weighted by Gasteiger charge is -2.06. The number of rotatable bonds is 3. The Morgan fingerprint density at radius 2 is 1.50 bits per heavy atom. The van der Waals surface area contributed by atoms with Gasteiger partial charge in [0.2, 0.25) is 0 Å². The Morgan fingerprint density at radius 3 is 2.08 bits per heavy atom. The van der Waals surface area contributed by atoms with Gasteiger partial charge in [0, 0.05) is 11.6 Å². The molecule has 0 aromatic heterocycles. The monoisotopic (exact) mass is 334 g/mol. The molecule has 0 spiro atoms. The van der Waals surface area contributed by atoms with E-state index in [4.69, 9.17) is 0 Å². The fourth-order valence-electron chi connectivity index (χ4n) is 1.78. The number of hydrogen-bond acceptors (Lipinski definition) is 2. The lowest BCUT2D eigenvalue weighted by molar-refractivity contribution is -0.137. The van der Waals surface area contributed by atoms with E-state index in [2.05, 4.69) is 10.9 Å². The molecule has 2 amide bonds. The molecule has 0 aliphatic heterocycles. The average Bonchev–Trinajstić information content (AvgIpc) is 2.58. The zero-order valence-electron chi connectivity index (χ0n) is 12.3. The van der Waals surface area contributed by atoms with Gasteiger partial charge in [-0.05, 0) is 35.9 Å². The third kappa shape index (κ3) is 4.98. The van der Waals surface area contributed by atoms with E-state index >= 15 is 0 Å². The Balaban J connectivity index is 1.88. The van der Waals surface area contributed by atoms with Crippen molar-refractivity contribution in [3.05, 3.63) is 77.4 Å². The van der Waals surface area contributed by atoms with Crippen LogP contribution in [0, 0.1) is 0 Å². The van der Waals surface area contributed by atoms with Crippen LogP contribution in [0.4, 0.5) is 13.2 Å². The second-order valence-corrected chi connectivity index (χ2v) is 4.76. The number of halogens is 3. The van der Waals surface area contributed by atoms with Crippen molar-refractivity contribution in [3.8, 4) is 0 Å². The standard InChI is InChI=1S/C17H13F3N2O2/c18-17(19,20)14-9-6-12(7-10-14)8-11-15(23)21-22-16(24)13-4-2-1-3-5-13/h1-11H,(H,21,23)(H,22,24)/b11-8+. The number of carbonyl (C=O) groups excluding carboxylic acids is 2. The molecule has 7 heteroatoms. The quantitative estimate of drug-likeness (QED) is 0.669. The molecule has 0 aliphatic rings. The van der Waals surface area contributed by atoms with Crippen LogP contribution in [0.3, 0.4) is 0 Å². The highest BCUT2D eigenvalue weighted by Gasteiger charge is 2.29. The Kier molecular flexibility index (Phi) is 5.36. The molecule has 0 bridgehead atoms. The van der Waals surface area contributed by atoms with Gasteiger partial charge in [0.05, 0.1) is 5.56 Å². The largest absolute Gasteiger partial charge is 0.416 e. The third-order valence-electron chi connectivity index (χ3n) is 3.00. The molecule has 2 rings (SSSR count). The summed E-state index contributed by atoms with van der Waals surface area (Å²) in [4.78, 5) is 23.3. The Labute approximate surface area is 136 Å². The van der Waals surface area contributed by atoms with Crippen LogP contribution in [0.5, 0.6) is 0 Å². The molecule has 0 radical (unpaired) electrons.